The first-order valence-corrected chi connectivity index (χ1v) is 11.1. The van der Waals surface area contributed by atoms with Gasteiger partial charge in [-0.2, -0.15) is 0 Å². The lowest BCUT2D eigenvalue weighted by molar-refractivity contribution is 0.0747. The first kappa shape index (κ1) is 22.7. The maximum Gasteiger partial charge on any atom is 0.256 e. The molecule has 0 aliphatic heterocycles. The van der Waals surface area contributed by atoms with Crippen LogP contribution >= 0.6 is 0 Å². The van der Waals surface area contributed by atoms with Gasteiger partial charge in [0.05, 0.1) is 11.1 Å². The van der Waals surface area contributed by atoms with E-state index in [1.54, 1.807) is 11.0 Å². The Kier molecular flexibility index (Phi) is 6.32. The van der Waals surface area contributed by atoms with Crippen LogP contribution < -0.4 is 0 Å². The van der Waals surface area contributed by atoms with Crippen LogP contribution in [-0.4, -0.2) is 22.3 Å². The number of para-hydroxylation sites is 1. The van der Waals surface area contributed by atoms with E-state index in [2.05, 4.69) is 37.9 Å². The molecule has 4 rings (SSSR count). The molecule has 0 aliphatic carbocycles. The molecule has 0 fully saturated rings. The molecule has 0 saturated heterocycles. The summed E-state index contributed by atoms with van der Waals surface area (Å²) >= 11 is 0. The molecule has 33 heavy (non-hydrogen) atoms. The van der Waals surface area contributed by atoms with Gasteiger partial charge in [0, 0.05) is 24.7 Å². The monoisotopic (exact) mass is 446 g/mol. The van der Waals surface area contributed by atoms with E-state index >= 15 is 0 Å². The zero-order valence-electron chi connectivity index (χ0n) is 19.2. The summed E-state index contributed by atoms with van der Waals surface area (Å²) < 4.78 is 27.0. The number of fused-ring (bicyclic) bond motifs is 1. The number of carbonyl (C=O) groups excluding carboxylic acids is 1. The van der Waals surface area contributed by atoms with E-state index in [1.165, 1.54) is 11.6 Å². The molecule has 3 nitrogen and oxygen atoms in total. The van der Waals surface area contributed by atoms with E-state index in [9.17, 15) is 13.6 Å². The molecule has 1 heterocycles. The number of amides is 1. The van der Waals surface area contributed by atoms with Gasteiger partial charge in [0.25, 0.3) is 5.91 Å². The Morgan fingerprint density at radius 2 is 1.64 bits per heavy atom. The highest BCUT2D eigenvalue weighted by molar-refractivity contribution is 6.05. The number of rotatable bonds is 6. The SMILES string of the molecule is CC(C)(C)c1ccc(CN(CCc2ccc(F)c(F)c2)C(=O)c2cccc3cc[nH]c23)cc1. The number of benzene rings is 3. The number of nitrogens with one attached hydrogen (secondary N) is 1. The van der Waals surface area contributed by atoms with E-state index in [4.69, 9.17) is 0 Å². The van der Waals surface area contributed by atoms with E-state index in [0.717, 1.165) is 22.5 Å². The highest BCUT2D eigenvalue weighted by Gasteiger charge is 2.20. The number of carbonyl (C=O) groups is 1. The average molecular weight is 447 g/mol. The molecule has 5 heteroatoms. The summed E-state index contributed by atoms with van der Waals surface area (Å²) in [5, 5.41) is 0.968. The minimum absolute atomic E-state index is 0.0456. The Morgan fingerprint density at radius 3 is 2.33 bits per heavy atom. The lowest BCUT2D eigenvalue weighted by Gasteiger charge is -2.24. The summed E-state index contributed by atoms with van der Waals surface area (Å²) in [6, 6.07) is 19.7. The van der Waals surface area contributed by atoms with Crippen LogP contribution in [0.1, 0.15) is 47.8 Å². The van der Waals surface area contributed by atoms with E-state index in [1.807, 2.05) is 42.6 Å². The van der Waals surface area contributed by atoms with Gasteiger partial charge in [-0.05, 0) is 52.8 Å². The van der Waals surface area contributed by atoms with Gasteiger partial charge in [0.1, 0.15) is 0 Å². The third kappa shape index (κ3) is 5.14. The summed E-state index contributed by atoms with van der Waals surface area (Å²) in [6.07, 6.45) is 2.24. The van der Waals surface area contributed by atoms with E-state index in [-0.39, 0.29) is 11.3 Å². The minimum Gasteiger partial charge on any atom is -0.361 e. The van der Waals surface area contributed by atoms with Crippen LogP contribution in [0.2, 0.25) is 0 Å². The number of hydrogen-bond acceptors (Lipinski definition) is 1. The Morgan fingerprint density at radius 1 is 0.909 bits per heavy atom. The molecule has 0 atom stereocenters. The van der Waals surface area contributed by atoms with Crippen molar-refractivity contribution in [3.8, 4) is 0 Å². The molecule has 1 N–H and O–H groups in total. The zero-order chi connectivity index (χ0) is 23.6. The third-order valence-electron chi connectivity index (χ3n) is 5.95. The molecule has 3 aromatic carbocycles. The van der Waals surface area contributed by atoms with Crippen molar-refractivity contribution in [2.24, 2.45) is 0 Å². The largest absolute Gasteiger partial charge is 0.361 e. The molecule has 1 amide bonds. The molecule has 0 unspecified atom stereocenters. The van der Waals surface area contributed by atoms with Gasteiger partial charge in [-0.25, -0.2) is 8.78 Å². The fourth-order valence-electron chi connectivity index (χ4n) is 3.98. The normalized spacial score (nSPS) is 11.7. The predicted molar refractivity (Wildman–Crippen MR) is 128 cm³/mol. The number of aromatic amines is 1. The van der Waals surface area contributed by atoms with Crippen molar-refractivity contribution in [1.29, 1.82) is 0 Å². The second-order valence-electron chi connectivity index (χ2n) is 9.42. The number of aromatic nitrogens is 1. The quantitative estimate of drug-likeness (QED) is 0.355. The van der Waals surface area contributed by atoms with Crippen LogP contribution in [-0.2, 0) is 18.4 Å². The van der Waals surface area contributed by atoms with Gasteiger partial charge < -0.3 is 9.88 Å². The molecule has 1 aromatic heterocycles. The standard InChI is InChI=1S/C28H28F2N2O/c1-28(2,3)22-10-7-20(8-11-22)18-32(16-14-19-9-12-24(29)25(30)17-19)27(33)23-6-4-5-21-13-15-31-26(21)23/h4-13,15,17,31H,14,16,18H2,1-3H3. The van der Waals surface area contributed by atoms with Crippen molar-refractivity contribution in [2.45, 2.75) is 39.2 Å². The molecule has 4 aromatic rings. The highest BCUT2D eigenvalue weighted by Crippen LogP contribution is 2.24. The van der Waals surface area contributed by atoms with Gasteiger partial charge in [0.15, 0.2) is 11.6 Å². The van der Waals surface area contributed by atoms with Gasteiger partial charge in [-0.15, -0.1) is 0 Å². The van der Waals surface area contributed by atoms with Gasteiger partial charge in [-0.1, -0.05) is 63.2 Å². The van der Waals surface area contributed by atoms with E-state index in [0.29, 0.717) is 30.6 Å². The maximum absolute atomic E-state index is 13.7. The van der Waals surface area contributed by atoms with Gasteiger partial charge >= 0.3 is 0 Å². The topological polar surface area (TPSA) is 36.1 Å². The second kappa shape index (κ2) is 9.18. The van der Waals surface area contributed by atoms with Crippen LogP contribution in [0.15, 0.2) is 72.9 Å². The Labute approximate surface area is 193 Å². The van der Waals surface area contributed by atoms with Crippen molar-refractivity contribution in [3.63, 3.8) is 0 Å². The lowest BCUT2D eigenvalue weighted by atomic mass is 9.87. The first-order chi connectivity index (χ1) is 15.7. The third-order valence-corrected chi connectivity index (χ3v) is 5.95. The lowest BCUT2D eigenvalue weighted by Crippen LogP contribution is -2.32. The Balaban J connectivity index is 1.61. The maximum atomic E-state index is 13.7. The molecule has 0 spiro atoms. The zero-order valence-corrected chi connectivity index (χ0v) is 19.2. The molecule has 0 bridgehead atoms. The number of nitrogens with zero attached hydrogens (tertiary/aromatic N) is 1. The molecule has 0 saturated carbocycles. The molecular formula is C28H28F2N2O. The molecule has 0 aliphatic rings. The van der Waals surface area contributed by atoms with E-state index < -0.39 is 11.6 Å². The van der Waals surface area contributed by atoms with Crippen molar-refractivity contribution in [2.75, 3.05) is 6.54 Å². The fraction of sp³-hybridized carbons (Fsp3) is 0.250. The first-order valence-electron chi connectivity index (χ1n) is 11.1. The summed E-state index contributed by atoms with van der Waals surface area (Å²) in [6.45, 7) is 7.29. The Hall–Kier alpha value is -3.47. The van der Waals surface area contributed by atoms with Crippen LogP contribution in [0.4, 0.5) is 8.78 Å². The smallest absolute Gasteiger partial charge is 0.256 e. The van der Waals surface area contributed by atoms with Crippen LogP contribution in [0.5, 0.6) is 0 Å². The van der Waals surface area contributed by atoms with Crippen molar-refractivity contribution in [3.05, 3.63) is 107 Å². The summed E-state index contributed by atoms with van der Waals surface area (Å²) in [7, 11) is 0. The van der Waals surface area contributed by atoms with Crippen LogP contribution in [0.3, 0.4) is 0 Å². The highest BCUT2D eigenvalue weighted by atomic mass is 19.2. The molecule has 170 valence electrons. The van der Waals surface area contributed by atoms with Crippen molar-refractivity contribution < 1.29 is 13.6 Å². The molecule has 0 radical (unpaired) electrons. The number of hydrogen-bond donors (Lipinski definition) is 1. The number of H-pyrrole nitrogens is 1. The summed E-state index contributed by atoms with van der Waals surface area (Å²) in [5.41, 5.74) is 4.32. The summed E-state index contributed by atoms with van der Waals surface area (Å²) in [5.74, 6) is -1.85. The molecular weight excluding hydrogens is 418 g/mol. The van der Waals surface area contributed by atoms with Gasteiger partial charge in [-0.3, -0.25) is 4.79 Å². The average Bonchev–Trinajstić information content (AvgIpc) is 3.27. The Bertz CT molecular complexity index is 1270. The number of halogens is 2. The minimum atomic E-state index is -0.876. The van der Waals surface area contributed by atoms with Gasteiger partial charge in [0.2, 0.25) is 0 Å². The second-order valence-corrected chi connectivity index (χ2v) is 9.42. The summed E-state index contributed by atoms with van der Waals surface area (Å²) in [4.78, 5) is 18.5. The predicted octanol–water partition coefficient (Wildman–Crippen LogP) is 6.63. The van der Waals surface area contributed by atoms with Crippen LogP contribution in [0.25, 0.3) is 10.9 Å². The van der Waals surface area contributed by atoms with Crippen LogP contribution in [0, 0.1) is 11.6 Å². The van der Waals surface area contributed by atoms with Crippen molar-refractivity contribution >= 4 is 16.8 Å². The van der Waals surface area contributed by atoms with Crippen molar-refractivity contribution in [1.82, 2.24) is 9.88 Å². The fourth-order valence-corrected chi connectivity index (χ4v) is 3.98.